The van der Waals surface area contributed by atoms with E-state index in [9.17, 15) is 5.11 Å². The summed E-state index contributed by atoms with van der Waals surface area (Å²) in [4.78, 5) is 0. The van der Waals surface area contributed by atoms with E-state index in [0.717, 1.165) is 0 Å². The maximum absolute atomic E-state index is 9.45. The molecule has 0 aliphatic rings. The summed E-state index contributed by atoms with van der Waals surface area (Å²) in [5.74, 6) is 0.530. The van der Waals surface area contributed by atoms with Crippen LogP contribution in [0.1, 0.15) is 11.6 Å². The predicted molar refractivity (Wildman–Crippen MR) is 48.7 cm³/mol. The van der Waals surface area contributed by atoms with Crippen LogP contribution < -0.4 is 10.5 Å². The van der Waals surface area contributed by atoms with Crippen molar-refractivity contribution in [3.63, 3.8) is 0 Å². The highest BCUT2D eigenvalue weighted by atomic mass is 16.5. The molecule has 0 aromatic heterocycles. The van der Waals surface area contributed by atoms with E-state index in [1.165, 1.54) is 13.2 Å². The van der Waals surface area contributed by atoms with Gasteiger partial charge in [0.1, 0.15) is 11.5 Å². The molecule has 0 saturated heterocycles. The summed E-state index contributed by atoms with van der Waals surface area (Å²) in [5, 5.41) is 18.3. The maximum atomic E-state index is 9.45. The number of aliphatic hydroxyl groups is 1. The van der Waals surface area contributed by atoms with Crippen LogP contribution in [0.2, 0.25) is 0 Å². The van der Waals surface area contributed by atoms with Crippen molar-refractivity contribution in [1.29, 1.82) is 0 Å². The lowest BCUT2D eigenvalue weighted by molar-refractivity contribution is 0.261. The predicted octanol–water partition coefficient (Wildman–Crippen LogP) is 0.393. The van der Waals surface area contributed by atoms with Crippen molar-refractivity contribution >= 4 is 0 Å². The van der Waals surface area contributed by atoms with Gasteiger partial charge in [0.2, 0.25) is 0 Å². The molecule has 0 aliphatic carbocycles. The second-order valence-corrected chi connectivity index (χ2v) is 2.68. The zero-order valence-corrected chi connectivity index (χ0v) is 7.40. The van der Waals surface area contributed by atoms with Gasteiger partial charge >= 0.3 is 0 Å². The zero-order valence-electron chi connectivity index (χ0n) is 7.40. The van der Waals surface area contributed by atoms with Crippen LogP contribution in [0.25, 0.3) is 0 Å². The number of aromatic hydroxyl groups is 1. The molecular weight excluding hydrogens is 170 g/mol. The van der Waals surface area contributed by atoms with E-state index in [1.807, 2.05) is 0 Å². The fourth-order valence-corrected chi connectivity index (χ4v) is 1.17. The standard InChI is InChI=1S/C9H13NO3/c1-13-8-4-2-3-7(12)9(8)6(10)5-11/h2-4,6,11-12H,5,10H2,1H3. The van der Waals surface area contributed by atoms with Crippen LogP contribution in [0.15, 0.2) is 18.2 Å². The van der Waals surface area contributed by atoms with Gasteiger partial charge in [-0.3, -0.25) is 0 Å². The summed E-state index contributed by atoms with van der Waals surface area (Å²) in [6, 6.07) is 4.23. The third kappa shape index (κ3) is 1.91. The van der Waals surface area contributed by atoms with Crippen LogP contribution >= 0.6 is 0 Å². The quantitative estimate of drug-likeness (QED) is 0.633. The van der Waals surface area contributed by atoms with Crippen molar-refractivity contribution in [2.24, 2.45) is 5.73 Å². The Balaban J connectivity index is 3.14. The third-order valence-electron chi connectivity index (χ3n) is 1.83. The van der Waals surface area contributed by atoms with Crippen LogP contribution in [-0.4, -0.2) is 23.9 Å². The second-order valence-electron chi connectivity index (χ2n) is 2.68. The van der Waals surface area contributed by atoms with E-state index in [0.29, 0.717) is 11.3 Å². The van der Waals surface area contributed by atoms with Gasteiger partial charge in [0.05, 0.1) is 25.3 Å². The minimum absolute atomic E-state index is 0.0425. The number of phenolic OH excluding ortho intramolecular Hbond substituents is 1. The highest BCUT2D eigenvalue weighted by Gasteiger charge is 2.14. The number of ether oxygens (including phenoxy) is 1. The second kappa shape index (κ2) is 4.11. The summed E-state index contributed by atoms with van der Waals surface area (Å²) < 4.78 is 5.00. The van der Waals surface area contributed by atoms with Gasteiger partial charge in [-0.1, -0.05) is 6.07 Å². The average molecular weight is 183 g/mol. The van der Waals surface area contributed by atoms with Crippen LogP contribution in [0.3, 0.4) is 0 Å². The number of hydrogen-bond donors (Lipinski definition) is 3. The topological polar surface area (TPSA) is 75.7 Å². The molecule has 0 heterocycles. The Kier molecular flexibility index (Phi) is 3.11. The van der Waals surface area contributed by atoms with Crippen molar-refractivity contribution in [1.82, 2.24) is 0 Å². The highest BCUT2D eigenvalue weighted by Crippen LogP contribution is 2.31. The number of benzene rings is 1. The minimum atomic E-state index is -0.615. The molecule has 0 bridgehead atoms. The van der Waals surface area contributed by atoms with Crippen molar-refractivity contribution in [2.45, 2.75) is 6.04 Å². The molecule has 0 aliphatic heterocycles. The first-order chi connectivity index (χ1) is 6.20. The van der Waals surface area contributed by atoms with Gasteiger partial charge < -0.3 is 20.7 Å². The first kappa shape index (κ1) is 9.83. The van der Waals surface area contributed by atoms with Crippen LogP contribution in [-0.2, 0) is 0 Å². The average Bonchev–Trinajstić information content (AvgIpc) is 2.16. The highest BCUT2D eigenvalue weighted by molar-refractivity contribution is 5.45. The molecule has 0 spiro atoms. The summed E-state index contributed by atoms with van der Waals surface area (Å²) in [7, 11) is 1.49. The van der Waals surface area contributed by atoms with E-state index in [4.69, 9.17) is 15.6 Å². The third-order valence-corrected chi connectivity index (χ3v) is 1.83. The van der Waals surface area contributed by atoms with Crippen LogP contribution in [0.5, 0.6) is 11.5 Å². The Morgan fingerprint density at radius 3 is 2.77 bits per heavy atom. The van der Waals surface area contributed by atoms with E-state index in [-0.39, 0.29) is 12.4 Å². The molecule has 1 atom stereocenters. The van der Waals surface area contributed by atoms with Crippen molar-refractivity contribution in [3.8, 4) is 11.5 Å². The van der Waals surface area contributed by atoms with E-state index in [2.05, 4.69) is 0 Å². The van der Waals surface area contributed by atoms with E-state index < -0.39 is 6.04 Å². The number of hydrogen-bond acceptors (Lipinski definition) is 4. The number of rotatable bonds is 3. The lowest BCUT2D eigenvalue weighted by Crippen LogP contribution is -2.15. The fourth-order valence-electron chi connectivity index (χ4n) is 1.17. The van der Waals surface area contributed by atoms with Gasteiger partial charge in [0.25, 0.3) is 0 Å². The minimum Gasteiger partial charge on any atom is -0.507 e. The molecule has 4 heteroatoms. The Bertz CT molecular complexity index is 288. The van der Waals surface area contributed by atoms with Crippen molar-refractivity contribution in [3.05, 3.63) is 23.8 Å². The Morgan fingerprint density at radius 2 is 2.23 bits per heavy atom. The summed E-state index contributed by atoms with van der Waals surface area (Å²) >= 11 is 0. The number of phenols is 1. The molecular formula is C9H13NO3. The van der Waals surface area contributed by atoms with Gasteiger partial charge in [-0.2, -0.15) is 0 Å². The SMILES string of the molecule is COc1cccc(O)c1C(N)CO. The molecule has 13 heavy (non-hydrogen) atoms. The molecule has 0 radical (unpaired) electrons. The molecule has 1 aromatic carbocycles. The molecule has 4 nitrogen and oxygen atoms in total. The first-order valence-corrected chi connectivity index (χ1v) is 3.93. The summed E-state index contributed by atoms with van der Waals surface area (Å²) in [6.07, 6.45) is 0. The lowest BCUT2D eigenvalue weighted by atomic mass is 10.1. The van der Waals surface area contributed by atoms with Crippen molar-refractivity contribution in [2.75, 3.05) is 13.7 Å². The maximum Gasteiger partial charge on any atom is 0.127 e. The van der Waals surface area contributed by atoms with Gasteiger partial charge in [0.15, 0.2) is 0 Å². The lowest BCUT2D eigenvalue weighted by Gasteiger charge is -2.14. The molecule has 0 amide bonds. The normalized spacial score (nSPS) is 12.5. The molecule has 4 N–H and O–H groups in total. The van der Waals surface area contributed by atoms with Gasteiger partial charge in [0, 0.05) is 0 Å². The zero-order chi connectivity index (χ0) is 9.84. The smallest absolute Gasteiger partial charge is 0.127 e. The van der Waals surface area contributed by atoms with Gasteiger partial charge in [-0.05, 0) is 12.1 Å². The summed E-state index contributed by atoms with van der Waals surface area (Å²) in [5.41, 5.74) is 6.02. The number of methoxy groups -OCH3 is 1. The largest absolute Gasteiger partial charge is 0.507 e. The van der Waals surface area contributed by atoms with Gasteiger partial charge in [-0.25, -0.2) is 0 Å². The molecule has 0 fully saturated rings. The fraction of sp³-hybridized carbons (Fsp3) is 0.333. The van der Waals surface area contributed by atoms with E-state index >= 15 is 0 Å². The summed E-state index contributed by atoms with van der Waals surface area (Å²) in [6.45, 7) is -0.228. The molecule has 0 saturated carbocycles. The Hall–Kier alpha value is -1.26. The van der Waals surface area contributed by atoms with Crippen LogP contribution in [0, 0.1) is 0 Å². The molecule has 1 rings (SSSR count). The molecule has 1 unspecified atom stereocenters. The molecule has 1 aromatic rings. The Labute approximate surface area is 76.6 Å². The number of aliphatic hydroxyl groups excluding tert-OH is 1. The van der Waals surface area contributed by atoms with Crippen molar-refractivity contribution < 1.29 is 14.9 Å². The monoisotopic (exact) mass is 183 g/mol. The number of nitrogens with two attached hydrogens (primary N) is 1. The van der Waals surface area contributed by atoms with Gasteiger partial charge in [-0.15, -0.1) is 0 Å². The van der Waals surface area contributed by atoms with Crippen LogP contribution in [0.4, 0.5) is 0 Å². The van der Waals surface area contributed by atoms with E-state index in [1.54, 1.807) is 12.1 Å². The molecule has 72 valence electrons. The Morgan fingerprint density at radius 1 is 1.54 bits per heavy atom. The first-order valence-electron chi connectivity index (χ1n) is 3.93.